The second-order valence-electron chi connectivity index (χ2n) is 6.19. The molecule has 0 spiro atoms. The van der Waals surface area contributed by atoms with Crippen molar-refractivity contribution in [3.63, 3.8) is 0 Å². The van der Waals surface area contributed by atoms with E-state index in [2.05, 4.69) is 26.2 Å². The van der Waals surface area contributed by atoms with Crippen LogP contribution < -0.4 is 0 Å². The van der Waals surface area contributed by atoms with E-state index in [1.807, 2.05) is 26.8 Å². The molecule has 92 valence electrons. The lowest BCUT2D eigenvalue weighted by Crippen LogP contribution is -2.24. The van der Waals surface area contributed by atoms with Crippen LogP contribution >= 0.6 is 0 Å². The molecule has 0 heterocycles. The highest BCUT2D eigenvalue weighted by atomic mass is 28.3. The largest absolute Gasteiger partial charge is 0.456 e. The number of allylic oxidation sites excluding steroid dienone is 1. The summed E-state index contributed by atoms with van der Waals surface area (Å²) in [5, 5.41) is 0. The summed E-state index contributed by atoms with van der Waals surface area (Å²) < 4.78 is 5.20. The first-order valence-electron chi connectivity index (χ1n) is 5.60. The molecule has 0 aromatic heterocycles. The summed E-state index contributed by atoms with van der Waals surface area (Å²) in [5.74, 6) is -0.334. The first-order chi connectivity index (χ1) is 7.01. The standard InChI is InChI=1S/C13H24O2Si/c1-11(9-8-10-16(5,6)7)12(14)15-13(2,3)4/h8-9H,1,10H2,2-7H3/b9-8-. The van der Waals surface area contributed by atoms with Gasteiger partial charge in [0.25, 0.3) is 0 Å². The van der Waals surface area contributed by atoms with Gasteiger partial charge in [-0.15, -0.1) is 0 Å². The van der Waals surface area contributed by atoms with Crippen molar-refractivity contribution in [2.45, 2.75) is 52.1 Å². The van der Waals surface area contributed by atoms with Crippen LogP contribution in [0.3, 0.4) is 0 Å². The average molecular weight is 240 g/mol. The lowest BCUT2D eigenvalue weighted by Gasteiger charge is -2.19. The minimum absolute atomic E-state index is 0.334. The van der Waals surface area contributed by atoms with Crippen molar-refractivity contribution in [2.75, 3.05) is 0 Å². The topological polar surface area (TPSA) is 26.3 Å². The number of rotatable bonds is 4. The Balaban J connectivity index is 4.22. The Kier molecular flexibility index (Phi) is 5.20. The molecule has 0 amide bonds. The van der Waals surface area contributed by atoms with Crippen LogP contribution in [0.4, 0.5) is 0 Å². The van der Waals surface area contributed by atoms with Crippen molar-refractivity contribution in [2.24, 2.45) is 0 Å². The number of hydrogen-bond acceptors (Lipinski definition) is 2. The van der Waals surface area contributed by atoms with E-state index in [4.69, 9.17) is 4.74 Å². The van der Waals surface area contributed by atoms with Crippen LogP contribution in [-0.4, -0.2) is 19.6 Å². The summed E-state index contributed by atoms with van der Waals surface area (Å²) in [6.45, 7) is 16.1. The van der Waals surface area contributed by atoms with Gasteiger partial charge in [0, 0.05) is 8.07 Å². The van der Waals surface area contributed by atoms with Gasteiger partial charge in [0.05, 0.1) is 5.57 Å². The van der Waals surface area contributed by atoms with Gasteiger partial charge in [0.1, 0.15) is 5.60 Å². The van der Waals surface area contributed by atoms with Crippen molar-refractivity contribution in [1.82, 2.24) is 0 Å². The third kappa shape index (κ3) is 8.47. The summed E-state index contributed by atoms with van der Waals surface area (Å²) in [6.07, 6.45) is 3.80. The molecule has 0 saturated carbocycles. The Labute approximate surface area is 100 Å². The summed E-state index contributed by atoms with van der Waals surface area (Å²) in [7, 11) is -1.09. The van der Waals surface area contributed by atoms with Crippen LogP contribution in [0.2, 0.25) is 25.7 Å². The van der Waals surface area contributed by atoms with Crippen molar-refractivity contribution in [3.05, 3.63) is 24.3 Å². The molecular weight excluding hydrogens is 216 g/mol. The predicted molar refractivity (Wildman–Crippen MR) is 72.3 cm³/mol. The lowest BCUT2D eigenvalue weighted by molar-refractivity contribution is -0.149. The zero-order valence-corrected chi connectivity index (χ0v) is 12.4. The number of carbonyl (C=O) groups is 1. The van der Waals surface area contributed by atoms with Gasteiger partial charge in [-0.25, -0.2) is 4.79 Å². The molecule has 0 aliphatic heterocycles. The first kappa shape index (κ1) is 15.2. The highest BCUT2D eigenvalue weighted by Gasteiger charge is 2.17. The minimum Gasteiger partial charge on any atom is -0.456 e. The number of esters is 1. The summed E-state index contributed by atoms with van der Waals surface area (Å²) >= 11 is 0. The first-order valence-corrected chi connectivity index (χ1v) is 9.31. The molecule has 0 saturated heterocycles. The molecule has 0 radical (unpaired) electrons. The van der Waals surface area contributed by atoms with E-state index in [0.29, 0.717) is 5.57 Å². The minimum atomic E-state index is -1.09. The number of carbonyl (C=O) groups excluding carboxylic acids is 1. The van der Waals surface area contributed by atoms with E-state index in [1.165, 1.54) is 0 Å². The predicted octanol–water partition coefficient (Wildman–Crippen LogP) is 3.78. The van der Waals surface area contributed by atoms with E-state index < -0.39 is 13.7 Å². The summed E-state index contributed by atoms with van der Waals surface area (Å²) in [5.41, 5.74) is -0.0275. The molecule has 0 aliphatic carbocycles. The monoisotopic (exact) mass is 240 g/mol. The van der Waals surface area contributed by atoms with Gasteiger partial charge in [0.15, 0.2) is 0 Å². The van der Waals surface area contributed by atoms with Gasteiger partial charge in [-0.2, -0.15) is 0 Å². The van der Waals surface area contributed by atoms with Gasteiger partial charge in [-0.05, 0) is 26.8 Å². The van der Waals surface area contributed by atoms with Crippen molar-refractivity contribution < 1.29 is 9.53 Å². The maximum absolute atomic E-state index is 11.6. The molecule has 0 bridgehead atoms. The van der Waals surface area contributed by atoms with Gasteiger partial charge >= 0.3 is 5.97 Å². The second kappa shape index (κ2) is 5.48. The number of ether oxygens (including phenoxy) is 1. The molecule has 0 aliphatic rings. The van der Waals surface area contributed by atoms with Gasteiger partial charge in [-0.1, -0.05) is 38.4 Å². The smallest absolute Gasteiger partial charge is 0.338 e. The Morgan fingerprint density at radius 3 is 2.19 bits per heavy atom. The third-order valence-electron chi connectivity index (χ3n) is 1.71. The average Bonchev–Trinajstić information content (AvgIpc) is 1.98. The maximum atomic E-state index is 11.6. The summed E-state index contributed by atoms with van der Waals surface area (Å²) in [4.78, 5) is 11.6. The van der Waals surface area contributed by atoms with E-state index in [-0.39, 0.29) is 5.97 Å². The molecule has 0 N–H and O–H groups in total. The summed E-state index contributed by atoms with van der Waals surface area (Å²) in [6, 6.07) is 1.05. The van der Waals surface area contributed by atoms with Crippen molar-refractivity contribution in [3.8, 4) is 0 Å². The SMILES string of the molecule is C=C(/C=C\C[Si](C)(C)C)C(=O)OC(C)(C)C. The van der Waals surface area contributed by atoms with E-state index in [9.17, 15) is 4.79 Å². The quantitative estimate of drug-likeness (QED) is 0.323. The number of hydrogen-bond donors (Lipinski definition) is 0. The van der Waals surface area contributed by atoms with Crippen molar-refractivity contribution in [1.29, 1.82) is 0 Å². The molecule has 3 heteroatoms. The highest BCUT2D eigenvalue weighted by molar-refractivity contribution is 6.76. The molecule has 0 aromatic rings. The van der Waals surface area contributed by atoms with E-state index in [1.54, 1.807) is 6.08 Å². The Morgan fingerprint density at radius 2 is 1.81 bits per heavy atom. The molecular formula is C13H24O2Si. The van der Waals surface area contributed by atoms with Crippen LogP contribution in [0.25, 0.3) is 0 Å². The third-order valence-corrected chi connectivity index (χ3v) is 3.17. The zero-order chi connectivity index (χ0) is 13.0. The lowest BCUT2D eigenvalue weighted by atomic mass is 10.2. The molecule has 0 atom stereocenters. The molecule has 0 aromatic carbocycles. The van der Waals surface area contributed by atoms with Crippen LogP contribution in [-0.2, 0) is 9.53 Å². The van der Waals surface area contributed by atoms with Crippen LogP contribution in [0.5, 0.6) is 0 Å². The Morgan fingerprint density at radius 1 is 1.31 bits per heavy atom. The Bertz CT molecular complexity index is 290. The fourth-order valence-corrected chi connectivity index (χ4v) is 1.79. The maximum Gasteiger partial charge on any atom is 0.338 e. The molecule has 0 rings (SSSR count). The van der Waals surface area contributed by atoms with Gasteiger partial charge in [-0.3, -0.25) is 0 Å². The second-order valence-corrected chi connectivity index (χ2v) is 11.7. The van der Waals surface area contributed by atoms with Crippen LogP contribution in [0.15, 0.2) is 24.3 Å². The fraction of sp³-hybridized carbons (Fsp3) is 0.615. The van der Waals surface area contributed by atoms with Crippen molar-refractivity contribution >= 4 is 14.0 Å². The molecule has 16 heavy (non-hydrogen) atoms. The van der Waals surface area contributed by atoms with Gasteiger partial charge in [0.2, 0.25) is 0 Å². The molecule has 2 nitrogen and oxygen atoms in total. The Hall–Kier alpha value is -0.833. The zero-order valence-electron chi connectivity index (χ0n) is 11.4. The fourth-order valence-electron chi connectivity index (χ4n) is 0.966. The van der Waals surface area contributed by atoms with E-state index in [0.717, 1.165) is 6.04 Å². The molecule has 0 unspecified atom stereocenters. The molecule has 0 fully saturated rings. The normalized spacial score (nSPS) is 12.9. The van der Waals surface area contributed by atoms with E-state index >= 15 is 0 Å². The van der Waals surface area contributed by atoms with Crippen LogP contribution in [0, 0.1) is 0 Å². The van der Waals surface area contributed by atoms with Crippen LogP contribution in [0.1, 0.15) is 20.8 Å². The highest BCUT2D eigenvalue weighted by Crippen LogP contribution is 2.13. The van der Waals surface area contributed by atoms with Gasteiger partial charge < -0.3 is 4.74 Å².